The molecule has 6 nitrogen and oxygen atoms in total. The maximum Gasteiger partial charge on any atom is 0.317 e. The number of urea groups is 1. The third-order valence-corrected chi connectivity index (χ3v) is 5.11. The standard InChI is InChI=1S/C14H22N2O4/c1-16(11-7-20-6-10(11)12(17)18)13(19)15-8-14(4-5-14)9-2-3-9/h9-11H,2-8H2,1H3,(H,15,19)(H,17,18). The third kappa shape index (κ3) is 2.49. The number of nitrogens with one attached hydrogen (secondary N) is 1. The number of hydrogen-bond acceptors (Lipinski definition) is 3. The first kappa shape index (κ1) is 13.7. The molecule has 3 fully saturated rings. The van der Waals surface area contributed by atoms with Crippen molar-refractivity contribution in [2.75, 3.05) is 26.8 Å². The van der Waals surface area contributed by atoms with Gasteiger partial charge in [0.1, 0.15) is 5.92 Å². The smallest absolute Gasteiger partial charge is 0.317 e. The molecule has 2 aliphatic carbocycles. The summed E-state index contributed by atoms with van der Waals surface area (Å²) in [5.74, 6) is -0.720. The van der Waals surface area contributed by atoms with Crippen molar-refractivity contribution in [2.45, 2.75) is 31.7 Å². The van der Waals surface area contributed by atoms with E-state index in [1.54, 1.807) is 7.05 Å². The number of likely N-dealkylation sites (N-methyl/N-ethyl adjacent to an activating group) is 1. The Morgan fingerprint density at radius 3 is 2.60 bits per heavy atom. The number of aliphatic carboxylic acids is 1. The fraction of sp³-hybridized carbons (Fsp3) is 0.857. The van der Waals surface area contributed by atoms with Crippen molar-refractivity contribution in [1.82, 2.24) is 10.2 Å². The summed E-state index contributed by atoms with van der Waals surface area (Å²) in [6.07, 6.45) is 5.02. The Labute approximate surface area is 118 Å². The largest absolute Gasteiger partial charge is 0.481 e. The second-order valence-electron chi connectivity index (χ2n) is 6.46. The fourth-order valence-corrected chi connectivity index (χ4v) is 3.27. The zero-order valence-electron chi connectivity index (χ0n) is 11.8. The molecule has 0 aromatic rings. The Morgan fingerprint density at radius 1 is 1.35 bits per heavy atom. The highest BCUT2D eigenvalue weighted by Crippen LogP contribution is 2.60. The van der Waals surface area contributed by atoms with Gasteiger partial charge in [-0.3, -0.25) is 4.79 Å². The first-order chi connectivity index (χ1) is 9.53. The van der Waals surface area contributed by atoms with Gasteiger partial charge in [0.05, 0.1) is 19.3 Å². The van der Waals surface area contributed by atoms with E-state index in [0.29, 0.717) is 12.0 Å². The second kappa shape index (κ2) is 4.91. The lowest BCUT2D eigenvalue weighted by molar-refractivity contribution is -0.142. The van der Waals surface area contributed by atoms with Crippen LogP contribution in [0.15, 0.2) is 0 Å². The van der Waals surface area contributed by atoms with E-state index in [-0.39, 0.29) is 18.7 Å². The summed E-state index contributed by atoms with van der Waals surface area (Å²) in [5.41, 5.74) is 0.356. The Kier molecular flexibility index (Phi) is 3.36. The molecule has 0 spiro atoms. The van der Waals surface area contributed by atoms with Gasteiger partial charge < -0.3 is 20.1 Å². The van der Waals surface area contributed by atoms with E-state index >= 15 is 0 Å². The molecular weight excluding hydrogens is 260 g/mol. The minimum absolute atomic E-state index is 0.182. The van der Waals surface area contributed by atoms with Crippen molar-refractivity contribution in [2.24, 2.45) is 17.3 Å². The Hall–Kier alpha value is -1.30. The lowest BCUT2D eigenvalue weighted by Gasteiger charge is -2.27. The molecule has 2 saturated carbocycles. The second-order valence-corrected chi connectivity index (χ2v) is 6.46. The van der Waals surface area contributed by atoms with Crippen molar-refractivity contribution in [3.8, 4) is 0 Å². The van der Waals surface area contributed by atoms with Crippen LogP contribution in [0.1, 0.15) is 25.7 Å². The number of amides is 2. The van der Waals surface area contributed by atoms with Crippen LogP contribution < -0.4 is 5.32 Å². The average molecular weight is 282 g/mol. The van der Waals surface area contributed by atoms with Gasteiger partial charge in [0.25, 0.3) is 0 Å². The predicted octanol–water partition coefficient (Wildman–Crippen LogP) is 0.918. The molecule has 3 rings (SSSR count). The molecule has 2 N–H and O–H groups in total. The summed E-state index contributed by atoms with van der Waals surface area (Å²) in [6.45, 7) is 1.21. The Balaban J connectivity index is 1.52. The number of rotatable bonds is 5. The summed E-state index contributed by atoms with van der Waals surface area (Å²) in [5, 5.41) is 12.1. The van der Waals surface area contributed by atoms with Crippen LogP contribution in [0.25, 0.3) is 0 Å². The van der Waals surface area contributed by atoms with Crippen LogP contribution in [0.4, 0.5) is 4.79 Å². The molecule has 20 heavy (non-hydrogen) atoms. The van der Waals surface area contributed by atoms with E-state index < -0.39 is 11.9 Å². The molecule has 0 aromatic carbocycles. The molecule has 2 amide bonds. The van der Waals surface area contributed by atoms with Gasteiger partial charge in [-0.15, -0.1) is 0 Å². The molecule has 1 heterocycles. The van der Waals surface area contributed by atoms with Crippen LogP contribution >= 0.6 is 0 Å². The number of carboxylic acids is 1. The highest BCUT2D eigenvalue weighted by atomic mass is 16.5. The van der Waals surface area contributed by atoms with Crippen molar-refractivity contribution in [3.05, 3.63) is 0 Å². The van der Waals surface area contributed by atoms with Gasteiger partial charge in [-0.2, -0.15) is 0 Å². The average Bonchev–Trinajstić information content (AvgIpc) is 3.32. The van der Waals surface area contributed by atoms with Crippen molar-refractivity contribution in [1.29, 1.82) is 0 Å². The summed E-state index contributed by atoms with van der Waals surface area (Å²) in [6, 6.07) is -0.553. The molecule has 2 atom stereocenters. The van der Waals surface area contributed by atoms with E-state index in [0.717, 1.165) is 12.5 Å². The topological polar surface area (TPSA) is 78.9 Å². The van der Waals surface area contributed by atoms with Crippen LogP contribution in [-0.4, -0.2) is 54.9 Å². The van der Waals surface area contributed by atoms with Gasteiger partial charge in [0.15, 0.2) is 0 Å². The molecule has 0 radical (unpaired) electrons. The molecular formula is C14H22N2O4. The number of nitrogens with zero attached hydrogens (tertiary/aromatic N) is 1. The van der Waals surface area contributed by atoms with E-state index in [2.05, 4.69) is 5.32 Å². The summed E-state index contributed by atoms with van der Waals surface area (Å²) >= 11 is 0. The van der Waals surface area contributed by atoms with Crippen molar-refractivity contribution in [3.63, 3.8) is 0 Å². The normalized spacial score (nSPS) is 30.9. The van der Waals surface area contributed by atoms with Gasteiger partial charge in [-0.05, 0) is 37.0 Å². The van der Waals surface area contributed by atoms with Gasteiger partial charge >= 0.3 is 12.0 Å². The molecule has 112 valence electrons. The quantitative estimate of drug-likeness (QED) is 0.786. The van der Waals surface area contributed by atoms with Gasteiger partial charge in [-0.25, -0.2) is 4.79 Å². The molecule has 1 saturated heterocycles. The Morgan fingerprint density at radius 2 is 2.05 bits per heavy atom. The number of carbonyl (C=O) groups is 2. The fourth-order valence-electron chi connectivity index (χ4n) is 3.27. The Bertz CT molecular complexity index is 417. The van der Waals surface area contributed by atoms with Crippen LogP contribution in [0.3, 0.4) is 0 Å². The monoisotopic (exact) mass is 282 g/mol. The molecule has 6 heteroatoms. The van der Waals surface area contributed by atoms with Crippen molar-refractivity contribution < 1.29 is 19.4 Å². The minimum atomic E-state index is -0.899. The van der Waals surface area contributed by atoms with Crippen LogP contribution in [-0.2, 0) is 9.53 Å². The van der Waals surface area contributed by atoms with E-state index in [4.69, 9.17) is 9.84 Å². The highest BCUT2D eigenvalue weighted by molar-refractivity contribution is 5.77. The predicted molar refractivity (Wildman–Crippen MR) is 71.3 cm³/mol. The van der Waals surface area contributed by atoms with E-state index in [9.17, 15) is 9.59 Å². The van der Waals surface area contributed by atoms with Crippen LogP contribution in [0.2, 0.25) is 0 Å². The highest BCUT2D eigenvalue weighted by Gasteiger charge is 2.53. The van der Waals surface area contributed by atoms with Gasteiger partial charge in [-0.1, -0.05) is 0 Å². The van der Waals surface area contributed by atoms with Crippen molar-refractivity contribution >= 4 is 12.0 Å². The first-order valence-electron chi connectivity index (χ1n) is 7.35. The van der Waals surface area contributed by atoms with Crippen LogP contribution in [0.5, 0.6) is 0 Å². The van der Waals surface area contributed by atoms with E-state index in [1.165, 1.54) is 30.6 Å². The molecule has 2 unspecified atom stereocenters. The number of carboxylic acid groups (broad SMARTS) is 1. The SMILES string of the molecule is CN(C(=O)NCC1(C2CC2)CC1)C1COCC1C(=O)O. The lowest BCUT2D eigenvalue weighted by Crippen LogP contribution is -2.49. The zero-order chi connectivity index (χ0) is 14.3. The molecule has 0 aromatic heterocycles. The lowest BCUT2D eigenvalue weighted by atomic mass is 10.0. The number of ether oxygens (including phenoxy) is 1. The molecule has 1 aliphatic heterocycles. The maximum absolute atomic E-state index is 12.2. The maximum atomic E-state index is 12.2. The molecule has 3 aliphatic rings. The summed E-state index contributed by atoms with van der Waals surface area (Å²) in [7, 11) is 1.65. The van der Waals surface area contributed by atoms with Gasteiger partial charge in [0.2, 0.25) is 0 Å². The minimum Gasteiger partial charge on any atom is -0.481 e. The zero-order valence-corrected chi connectivity index (χ0v) is 11.8. The summed E-state index contributed by atoms with van der Waals surface area (Å²) < 4.78 is 5.21. The molecule has 0 bridgehead atoms. The first-order valence-corrected chi connectivity index (χ1v) is 7.35. The van der Waals surface area contributed by atoms with Crippen LogP contribution in [0, 0.1) is 17.3 Å². The summed E-state index contributed by atoms with van der Waals surface area (Å²) in [4.78, 5) is 24.8. The third-order valence-electron chi connectivity index (χ3n) is 5.11. The number of hydrogen-bond donors (Lipinski definition) is 2. The van der Waals surface area contributed by atoms with E-state index in [1.807, 2.05) is 0 Å². The van der Waals surface area contributed by atoms with Gasteiger partial charge in [0, 0.05) is 13.6 Å². The number of carbonyl (C=O) groups excluding carboxylic acids is 1.